The summed E-state index contributed by atoms with van der Waals surface area (Å²) in [6.07, 6.45) is 0. The first-order valence-corrected chi connectivity index (χ1v) is 8.09. The van der Waals surface area contributed by atoms with E-state index in [0.29, 0.717) is 16.7 Å². The standard InChI is InChI=1S/C13H9ClN2O3S2/c1-6-15-16-13(21-6)20-5-7-2-12(18)19-11-4-10(17)9(14)3-8(7)11/h2-4,17H,5H2,1H3. The van der Waals surface area contributed by atoms with Gasteiger partial charge in [0.25, 0.3) is 0 Å². The number of nitrogens with zero attached hydrogens (tertiary/aromatic N) is 2. The summed E-state index contributed by atoms with van der Waals surface area (Å²) in [4.78, 5) is 11.6. The van der Waals surface area contributed by atoms with Crippen molar-refractivity contribution in [3.63, 3.8) is 0 Å². The summed E-state index contributed by atoms with van der Waals surface area (Å²) in [6, 6.07) is 4.37. The highest BCUT2D eigenvalue weighted by Crippen LogP contribution is 2.33. The lowest BCUT2D eigenvalue weighted by Gasteiger charge is -2.05. The Morgan fingerprint density at radius 3 is 2.90 bits per heavy atom. The molecule has 3 aromatic rings. The molecule has 0 radical (unpaired) electrons. The Morgan fingerprint density at radius 2 is 2.19 bits per heavy atom. The van der Waals surface area contributed by atoms with E-state index in [-0.39, 0.29) is 10.8 Å². The van der Waals surface area contributed by atoms with Crippen molar-refractivity contribution in [1.29, 1.82) is 0 Å². The number of phenols is 1. The van der Waals surface area contributed by atoms with Crippen molar-refractivity contribution < 1.29 is 9.52 Å². The Labute approximate surface area is 132 Å². The third kappa shape index (κ3) is 3.04. The van der Waals surface area contributed by atoms with Gasteiger partial charge in [0, 0.05) is 23.3 Å². The molecule has 0 atom stereocenters. The first-order chi connectivity index (χ1) is 10.0. The molecule has 21 heavy (non-hydrogen) atoms. The molecule has 108 valence electrons. The second-order valence-electron chi connectivity index (χ2n) is 4.27. The summed E-state index contributed by atoms with van der Waals surface area (Å²) in [5.41, 5.74) is 0.628. The predicted molar refractivity (Wildman–Crippen MR) is 83.4 cm³/mol. The zero-order valence-corrected chi connectivity index (χ0v) is 13.2. The molecule has 0 saturated carbocycles. The summed E-state index contributed by atoms with van der Waals surface area (Å²) in [5.74, 6) is 0.426. The maximum atomic E-state index is 11.6. The molecular formula is C13H9ClN2O3S2. The molecule has 1 aromatic carbocycles. The highest BCUT2D eigenvalue weighted by molar-refractivity contribution is 8.00. The molecule has 0 amide bonds. The third-order valence-corrected chi connectivity index (χ3v) is 5.08. The van der Waals surface area contributed by atoms with Crippen LogP contribution in [0.3, 0.4) is 0 Å². The normalized spacial score (nSPS) is 11.1. The van der Waals surface area contributed by atoms with E-state index in [4.69, 9.17) is 16.0 Å². The summed E-state index contributed by atoms with van der Waals surface area (Å²) in [5, 5.41) is 19.4. The minimum absolute atomic E-state index is 0.114. The maximum absolute atomic E-state index is 11.6. The van der Waals surface area contributed by atoms with Crippen LogP contribution < -0.4 is 5.63 Å². The lowest BCUT2D eigenvalue weighted by molar-refractivity contribution is 0.473. The highest BCUT2D eigenvalue weighted by atomic mass is 35.5. The van der Waals surface area contributed by atoms with Gasteiger partial charge in [0.05, 0.1) is 5.02 Å². The van der Waals surface area contributed by atoms with Crippen LogP contribution in [-0.4, -0.2) is 15.3 Å². The zero-order valence-electron chi connectivity index (χ0n) is 10.8. The van der Waals surface area contributed by atoms with Gasteiger partial charge in [-0.25, -0.2) is 4.79 Å². The highest BCUT2D eigenvalue weighted by Gasteiger charge is 2.11. The van der Waals surface area contributed by atoms with E-state index in [1.165, 1.54) is 35.2 Å². The topological polar surface area (TPSA) is 76.2 Å². The van der Waals surface area contributed by atoms with Crippen LogP contribution in [0.2, 0.25) is 5.02 Å². The average Bonchev–Trinajstić information content (AvgIpc) is 2.84. The summed E-state index contributed by atoms with van der Waals surface area (Å²) < 4.78 is 5.92. The van der Waals surface area contributed by atoms with E-state index >= 15 is 0 Å². The molecule has 0 bridgehead atoms. The summed E-state index contributed by atoms with van der Waals surface area (Å²) >= 11 is 8.91. The zero-order chi connectivity index (χ0) is 15.0. The number of phenolic OH excluding ortho intramolecular Hbond substituents is 1. The van der Waals surface area contributed by atoms with Crippen molar-refractivity contribution in [3.8, 4) is 5.75 Å². The molecule has 0 fully saturated rings. The lowest BCUT2D eigenvalue weighted by Crippen LogP contribution is -1.99. The number of rotatable bonds is 3. The number of hydrogen-bond acceptors (Lipinski definition) is 7. The first-order valence-electron chi connectivity index (χ1n) is 5.91. The SMILES string of the molecule is Cc1nnc(SCc2cc(=O)oc3cc(O)c(Cl)cc23)s1. The van der Waals surface area contributed by atoms with Crippen molar-refractivity contribution in [2.45, 2.75) is 17.0 Å². The van der Waals surface area contributed by atoms with Crippen LogP contribution in [0.15, 0.2) is 31.8 Å². The second kappa shape index (κ2) is 5.67. The van der Waals surface area contributed by atoms with E-state index < -0.39 is 5.63 Å². The molecule has 0 spiro atoms. The van der Waals surface area contributed by atoms with E-state index in [9.17, 15) is 9.90 Å². The Morgan fingerprint density at radius 1 is 1.38 bits per heavy atom. The molecule has 0 aliphatic rings. The molecule has 0 unspecified atom stereocenters. The largest absolute Gasteiger partial charge is 0.506 e. The fourth-order valence-electron chi connectivity index (χ4n) is 1.83. The monoisotopic (exact) mass is 340 g/mol. The number of thioether (sulfide) groups is 1. The first kappa shape index (κ1) is 14.4. The molecule has 0 aliphatic heterocycles. The second-order valence-corrected chi connectivity index (χ2v) is 7.08. The number of aryl methyl sites for hydroxylation is 1. The quantitative estimate of drug-likeness (QED) is 0.580. The number of halogens is 1. The van der Waals surface area contributed by atoms with Gasteiger partial charge < -0.3 is 9.52 Å². The average molecular weight is 341 g/mol. The molecular weight excluding hydrogens is 332 g/mol. The molecule has 0 saturated heterocycles. The smallest absolute Gasteiger partial charge is 0.336 e. The Kier molecular flexibility index (Phi) is 3.88. The van der Waals surface area contributed by atoms with Gasteiger partial charge >= 0.3 is 5.63 Å². The van der Waals surface area contributed by atoms with Crippen molar-refractivity contribution in [3.05, 3.63) is 44.2 Å². The Hall–Kier alpha value is -1.57. The molecule has 2 heterocycles. The number of fused-ring (bicyclic) bond motifs is 1. The van der Waals surface area contributed by atoms with Gasteiger partial charge in [-0.15, -0.1) is 10.2 Å². The van der Waals surface area contributed by atoms with Crippen molar-refractivity contribution in [1.82, 2.24) is 10.2 Å². The molecule has 5 nitrogen and oxygen atoms in total. The molecule has 3 rings (SSSR count). The van der Waals surface area contributed by atoms with Crippen LogP contribution in [-0.2, 0) is 5.75 Å². The lowest BCUT2D eigenvalue weighted by atomic mass is 10.1. The van der Waals surface area contributed by atoms with Gasteiger partial charge in [-0.05, 0) is 18.6 Å². The van der Waals surface area contributed by atoms with E-state index in [2.05, 4.69) is 10.2 Å². The van der Waals surface area contributed by atoms with Crippen LogP contribution in [0.5, 0.6) is 5.75 Å². The molecule has 0 aliphatic carbocycles. The maximum Gasteiger partial charge on any atom is 0.336 e. The summed E-state index contributed by atoms with van der Waals surface area (Å²) in [7, 11) is 0. The van der Waals surface area contributed by atoms with Crippen LogP contribution in [0.1, 0.15) is 10.6 Å². The number of hydrogen-bond donors (Lipinski definition) is 1. The minimum atomic E-state index is -0.465. The van der Waals surface area contributed by atoms with Crippen LogP contribution in [0.4, 0.5) is 0 Å². The third-order valence-electron chi connectivity index (χ3n) is 2.76. The number of aromatic nitrogens is 2. The Balaban J connectivity index is 2.00. The number of benzene rings is 1. The van der Waals surface area contributed by atoms with Crippen LogP contribution in [0, 0.1) is 6.92 Å². The fraction of sp³-hybridized carbons (Fsp3) is 0.154. The van der Waals surface area contributed by atoms with Gasteiger partial charge in [-0.3, -0.25) is 0 Å². The fourth-order valence-corrected chi connectivity index (χ4v) is 3.80. The molecule has 8 heteroatoms. The van der Waals surface area contributed by atoms with Crippen molar-refractivity contribution in [2.24, 2.45) is 0 Å². The molecule has 2 aromatic heterocycles. The van der Waals surface area contributed by atoms with Crippen molar-refractivity contribution in [2.75, 3.05) is 0 Å². The predicted octanol–water partition coefficient (Wildman–Crippen LogP) is 3.60. The van der Waals surface area contributed by atoms with Gasteiger partial charge in [-0.1, -0.05) is 34.7 Å². The van der Waals surface area contributed by atoms with Gasteiger partial charge in [0.1, 0.15) is 16.3 Å². The molecule has 1 N–H and O–H groups in total. The Bertz CT molecular complexity index is 875. The van der Waals surface area contributed by atoms with Gasteiger partial charge in [0.2, 0.25) is 0 Å². The van der Waals surface area contributed by atoms with Crippen LogP contribution in [0.25, 0.3) is 11.0 Å². The minimum Gasteiger partial charge on any atom is -0.506 e. The van der Waals surface area contributed by atoms with Gasteiger partial charge in [-0.2, -0.15) is 0 Å². The van der Waals surface area contributed by atoms with E-state index in [0.717, 1.165) is 14.9 Å². The summed E-state index contributed by atoms with van der Waals surface area (Å²) in [6.45, 7) is 1.89. The van der Waals surface area contributed by atoms with Crippen molar-refractivity contribution >= 4 is 45.7 Å². The van der Waals surface area contributed by atoms with Gasteiger partial charge in [0.15, 0.2) is 4.34 Å². The van der Waals surface area contributed by atoms with E-state index in [1.54, 1.807) is 6.07 Å². The number of aromatic hydroxyl groups is 1. The van der Waals surface area contributed by atoms with E-state index in [1.807, 2.05) is 6.92 Å². The van der Waals surface area contributed by atoms with Crippen LogP contribution >= 0.6 is 34.7 Å².